The Morgan fingerprint density at radius 1 is 1.07 bits per heavy atom. The maximum atomic E-state index is 11.5. The highest BCUT2D eigenvalue weighted by atomic mass is 32.2. The van der Waals surface area contributed by atoms with Crippen LogP contribution in [0.2, 0.25) is 0 Å². The molecule has 0 bridgehead atoms. The second-order valence-electron chi connectivity index (χ2n) is 12.2. The molecule has 41 heavy (non-hydrogen) atoms. The first-order valence-electron chi connectivity index (χ1n) is 15.0. The van der Waals surface area contributed by atoms with Gasteiger partial charge in [0.05, 0.1) is 17.7 Å². The predicted molar refractivity (Wildman–Crippen MR) is 172 cm³/mol. The number of carboxylic acid groups (broad SMARTS) is 1. The molecule has 0 aliphatic heterocycles. The SMILES string of the molecule is CCCCc1nc(/C=C/c2cccc([C@@H](CCc3ccccc3C(C)(C)O)SCC3(CC(=O)O)CC3)c2)ccc1C. The quantitative estimate of drug-likeness (QED) is 0.191. The number of rotatable bonds is 15. The molecule has 5 heteroatoms. The predicted octanol–water partition coefficient (Wildman–Crippen LogP) is 8.79. The molecule has 1 atom stereocenters. The molecule has 1 saturated carbocycles. The lowest BCUT2D eigenvalue weighted by molar-refractivity contribution is -0.138. The Labute approximate surface area is 250 Å². The number of aliphatic hydroxyl groups is 1. The molecule has 1 fully saturated rings. The number of aromatic nitrogens is 1. The van der Waals surface area contributed by atoms with Crippen molar-refractivity contribution >= 4 is 29.9 Å². The van der Waals surface area contributed by atoms with E-state index >= 15 is 0 Å². The van der Waals surface area contributed by atoms with Crippen LogP contribution in [0.1, 0.15) is 104 Å². The van der Waals surface area contributed by atoms with Crippen LogP contribution in [0.25, 0.3) is 12.2 Å². The van der Waals surface area contributed by atoms with E-state index in [-0.39, 0.29) is 17.1 Å². The van der Waals surface area contributed by atoms with E-state index in [1.165, 1.54) is 16.8 Å². The highest BCUT2D eigenvalue weighted by Crippen LogP contribution is 2.53. The molecule has 3 aromatic rings. The van der Waals surface area contributed by atoms with Gasteiger partial charge in [0.2, 0.25) is 0 Å². The van der Waals surface area contributed by atoms with Gasteiger partial charge >= 0.3 is 5.97 Å². The van der Waals surface area contributed by atoms with E-state index < -0.39 is 11.6 Å². The van der Waals surface area contributed by atoms with Gasteiger partial charge in [-0.25, -0.2) is 0 Å². The first-order valence-corrected chi connectivity index (χ1v) is 16.0. The molecule has 4 nitrogen and oxygen atoms in total. The van der Waals surface area contributed by atoms with Crippen LogP contribution >= 0.6 is 11.8 Å². The number of hydrogen-bond donors (Lipinski definition) is 2. The molecule has 0 spiro atoms. The van der Waals surface area contributed by atoms with Crippen LogP contribution in [0.3, 0.4) is 0 Å². The summed E-state index contributed by atoms with van der Waals surface area (Å²) in [6, 6.07) is 21.1. The van der Waals surface area contributed by atoms with Gasteiger partial charge in [0.25, 0.3) is 0 Å². The number of carboxylic acids is 1. The van der Waals surface area contributed by atoms with Gasteiger partial charge in [0.15, 0.2) is 0 Å². The van der Waals surface area contributed by atoms with E-state index in [9.17, 15) is 15.0 Å². The van der Waals surface area contributed by atoms with Crippen LogP contribution in [0.4, 0.5) is 0 Å². The van der Waals surface area contributed by atoms with Crippen molar-refractivity contribution in [3.63, 3.8) is 0 Å². The van der Waals surface area contributed by atoms with Crippen molar-refractivity contribution in [2.75, 3.05) is 5.75 Å². The number of benzene rings is 2. The van der Waals surface area contributed by atoms with Gasteiger partial charge in [0, 0.05) is 16.7 Å². The van der Waals surface area contributed by atoms with Crippen molar-refractivity contribution in [2.24, 2.45) is 5.41 Å². The average molecular weight is 572 g/mol. The zero-order valence-corrected chi connectivity index (χ0v) is 25.8. The van der Waals surface area contributed by atoms with Crippen molar-refractivity contribution in [1.29, 1.82) is 0 Å². The summed E-state index contributed by atoms with van der Waals surface area (Å²) in [5.74, 6) is 0.152. The van der Waals surface area contributed by atoms with E-state index in [1.54, 1.807) is 0 Å². The van der Waals surface area contributed by atoms with Crippen LogP contribution in [0.15, 0.2) is 60.7 Å². The molecule has 2 aromatic carbocycles. The molecular weight excluding hydrogens is 526 g/mol. The number of pyridine rings is 1. The molecule has 0 radical (unpaired) electrons. The fourth-order valence-corrected chi connectivity index (χ4v) is 7.01. The second kappa shape index (κ2) is 13.8. The Morgan fingerprint density at radius 3 is 2.56 bits per heavy atom. The fraction of sp³-hybridized carbons (Fsp3) is 0.444. The van der Waals surface area contributed by atoms with Crippen molar-refractivity contribution in [3.05, 3.63) is 99.9 Å². The normalized spacial score (nSPS) is 15.2. The Morgan fingerprint density at radius 2 is 1.85 bits per heavy atom. The van der Waals surface area contributed by atoms with Crippen molar-refractivity contribution in [2.45, 2.75) is 89.9 Å². The number of aliphatic carboxylic acids is 1. The van der Waals surface area contributed by atoms with Crippen LogP contribution in [-0.4, -0.2) is 26.9 Å². The largest absolute Gasteiger partial charge is 0.481 e. The molecule has 1 heterocycles. The lowest BCUT2D eigenvalue weighted by Crippen LogP contribution is -2.18. The molecule has 4 rings (SSSR count). The summed E-state index contributed by atoms with van der Waals surface area (Å²) in [7, 11) is 0. The number of unbranched alkanes of at least 4 members (excludes halogenated alkanes) is 1. The maximum Gasteiger partial charge on any atom is 0.303 e. The monoisotopic (exact) mass is 571 g/mol. The molecule has 2 N–H and O–H groups in total. The Kier molecular flexibility index (Phi) is 10.5. The first kappa shape index (κ1) is 31.1. The fourth-order valence-electron chi connectivity index (χ4n) is 5.44. The van der Waals surface area contributed by atoms with Gasteiger partial charge in [-0.05, 0) is 105 Å². The summed E-state index contributed by atoms with van der Waals surface area (Å²) in [5, 5.41) is 20.4. The molecule has 1 aliphatic rings. The Balaban J connectivity index is 1.55. The number of hydrogen-bond acceptors (Lipinski definition) is 4. The summed E-state index contributed by atoms with van der Waals surface area (Å²) < 4.78 is 0. The molecule has 1 aromatic heterocycles. The van der Waals surface area contributed by atoms with Crippen LogP contribution < -0.4 is 0 Å². The minimum atomic E-state index is -0.899. The Bertz CT molecular complexity index is 1350. The van der Waals surface area contributed by atoms with Gasteiger partial charge in [-0.1, -0.05) is 74.0 Å². The van der Waals surface area contributed by atoms with Crippen LogP contribution in [0.5, 0.6) is 0 Å². The molecule has 0 saturated heterocycles. The van der Waals surface area contributed by atoms with Gasteiger partial charge in [-0.3, -0.25) is 9.78 Å². The zero-order chi connectivity index (χ0) is 29.5. The summed E-state index contributed by atoms with van der Waals surface area (Å²) >= 11 is 1.89. The number of thioether (sulfide) groups is 1. The van der Waals surface area contributed by atoms with E-state index in [2.05, 4.69) is 68.5 Å². The van der Waals surface area contributed by atoms with Crippen molar-refractivity contribution < 1.29 is 15.0 Å². The van der Waals surface area contributed by atoms with E-state index in [0.29, 0.717) is 0 Å². The lowest BCUT2D eigenvalue weighted by Gasteiger charge is -2.24. The van der Waals surface area contributed by atoms with E-state index in [0.717, 1.165) is 73.1 Å². The average Bonchev–Trinajstić information content (AvgIpc) is 3.70. The van der Waals surface area contributed by atoms with E-state index in [4.69, 9.17) is 4.98 Å². The molecule has 0 unspecified atom stereocenters. The second-order valence-corrected chi connectivity index (χ2v) is 13.4. The molecule has 0 amide bonds. The number of carbonyl (C=O) groups is 1. The molecule has 218 valence electrons. The minimum absolute atomic E-state index is 0.0656. The Hall–Kier alpha value is -2.89. The number of aryl methyl sites for hydroxylation is 3. The maximum absolute atomic E-state index is 11.5. The highest BCUT2D eigenvalue weighted by Gasteiger charge is 2.44. The first-order chi connectivity index (χ1) is 19.6. The third kappa shape index (κ3) is 9.05. The standard InChI is InChI=1S/C36H45NO3S/c1-5-6-14-32-26(2)15-18-30(37-32)19-16-27-10-9-12-29(23-27)33(41-25-36(21-22-36)24-34(38)39)20-17-28-11-7-8-13-31(28)35(3,4)40/h7-13,15-16,18-19,23,33,40H,5-6,14,17,20-22,24-25H2,1-4H3,(H,38,39)/b19-16+/t33-/m1/s1. The van der Waals surface area contributed by atoms with Crippen molar-refractivity contribution in [1.82, 2.24) is 4.98 Å². The number of nitrogens with zero attached hydrogens (tertiary/aromatic N) is 1. The van der Waals surface area contributed by atoms with Gasteiger partial charge < -0.3 is 10.2 Å². The minimum Gasteiger partial charge on any atom is -0.481 e. The van der Waals surface area contributed by atoms with Gasteiger partial charge in [-0.2, -0.15) is 11.8 Å². The zero-order valence-electron chi connectivity index (χ0n) is 25.0. The van der Waals surface area contributed by atoms with Crippen LogP contribution in [-0.2, 0) is 23.2 Å². The molecular formula is C36H45NO3S. The summed E-state index contributed by atoms with van der Waals surface area (Å²) in [6.45, 7) is 8.02. The molecule has 1 aliphatic carbocycles. The van der Waals surface area contributed by atoms with Gasteiger partial charge in [0.1, 0.15) is 0 Å². The van der Waals surface area contributed by atoms with Crippen molar-refractivity contribution in [3.8, 4) is 0 Å². The third-order valence-corrected chi connectivity index (χ3v) is 9.84. The smallest absolute Gasteiger partial charge is 0.303 e. The summed E-state index contributed by atoms with van der Waals surface area (Å²) in [6.07, 6.45) is 11.6. The summed E-state index contributed by atoms with van der Waals surface area (Å²) in [5.41, 5.74) is 6.96. The summed E-state index contributed by atoms with van der Waals surface area (Å²) in [4.78, 5) is 16.4. The topological polar surface area (TPSA) is 70.4 Å². The lowest BCUT2D eigenvalue weighted by atomic mass is 9.90. The highest BCUT2D eigenvalue weighted by molar-refractivity contribution is 7.99. The third-order valence-electron chi connectivity index (χ3n) is 8.15. The van der Waals surface area contributed by atoms with Crippen LogP contribution in [0, 0.1) is 12.3 Å². The van der Waals surface area contributed by atoms with Gasteiger partial charge in [-0.15, -0.1) is 0 Å². The van der Waals surface area contributed by atoms with E-state index in [1.807, 2.05) is 43.8 Å².